The summed E-state index contributed by atoms with van der Waals surface area (Å²) in [4.78, 5) is 13.7. The number of carbonyl (C=O) groups is 1. The molecule has 0 amide bonds. The number of ketones is 1. The highest BCUT2D eigenvalue weighted by Gasteiger charge is 2.65. The molecule has 0 spiro atoms. The summed E-state index contributed by atoms with van der Waals surface area (Å²) < 4.78 is 0. The van der Waals surface area contributed by atoms with E-state index in [1.807, 2.05) is 13.0 Å². The van der Waals surface area contributed by atoms with Crippen LogP contribution in [0.2, 0.25) is 0 Å². The van der Waals surface area contributed by atoms with Crippen molar-refractivity contribution in [1.29, 1.82) is 0 Å². The summed E-state index contributed by atoms with van der Waals surface area (Å²) in [6.45, 7) is 11.0. The van der Waals surface area contributed by atoms with E-state index < -0.39 is 23.0 Å². The lowest BCUT2D eigenvalue weighted by Crippen LogP contribution is -2.60. The Morgan fingerprint density at radius 3 is 2.00 bits per heavy atom. The van der Waals surface area contributed by atoms with Gasteiger partial charge in [-0.25, -0.2) is 0 Å². The molecule has 0 unspecified atom stereocenters. The fourth-order valence-electron chi connectivity index (χ4n) is 10.9. The van der Waals surface area contributed by atoms with Gasteiger partial charge in [-0.1, -0.05) is 40.2 Å². The first-order valence-corrected chi connectivity index (χ1v) is 14.1. The van der Waals surface area contributed by atoms with Gasteiger partial charge in [-0.05, 0) is 97.9 Å². The fraction of sp³-hybridized carbons (Fsp3) is 0.900. The Morgan fingerprint density at radius 1 is 0.771 bits per heavy atom. The van der Waals surface area contributed by atoms with Gasteiger partial charge in [0.1, 0.15) is 0 Å². The van der Waals surface area contributed by atoms with E-state index in [0.29, 0.717) is 24.2 Å². The topological polar surface area (TPSA) is 98.0 Å². The van der Waals surface area contributed by atoms with Crippen molar-refractivity contribution >= 4 is 5.78 Å². The Labute approximate surface area is 211 Å². The summed E-state index contributed by atoms with van der Waals surface area (Å²) in [5, 5.41) is 42.5. The molecule has 5 aliphatic rings. The van der Waals surface area contributed by atoms with Crippen LogP contribution in [0.25, 0.3) is 0 Å². The average molecular weight is 489 g/mol. The number of hydrogen-bond acceptors (Lipinski definition) is 5. The summed E-state index contributed by atoms with van der Waals surface area (Å²) in [6, 6.07) is 0. The van der Waals surface area contributed by atoms with E-state index in [-0.39, 0.29) is 41.2 Å². The lowest BCUT2D eigenvalue weighted by Gasteiger charge is -2.64. The van der Waals surface area contributed by atoms with Crippen LogP contribution in [0.4, 0.5) is 0 Å². The minimum absolute atomic E-state index is 0.0297. The zero-order valence-corrected chi connectivity index (χ0v) is 22.5. The van der Waals surface area contributed by atoms with Gasteiger partial charge in [-0.3, -0.25) is 4.79 Å². The van der Waals surface area contributed by atoms with Crippen molar-refractivity contribution in [2.75, 3.05) is 13.2 Å². The van der Waals surface area contributed by atoms with Gasteiger partial charge in [0.15, 0.2) is 5.78 Å². The molecule has 5 nitrogen and oxygen atoms in total. The van der Waals surface area contributed by atoms with Crippen LogP contribution in [0.1, 0.15) is 92.4 Å². The smallest absolute Gasteiger partial charge is 0.160 e. The van der Waals surface area contributed by atoms with Crippen molar-refractivity contribution < 1.29 is 25.2 Å². The summed E-state index contributed by atoms with van der Waals surface area (Å²) >= 11 is 0. The SMILES string of the molecule is C[C@@]12CC[C@@H]3[C@](C)(CC[C@@H](O)[C@]3(C)CO)[C@H]1CC[C@H]1C(=CC(=O)[C@@H]3[C@]1(C)CC[C@@H](O)[C@]3(C)CO)C2. The van der Waals surface area contributed by atoms with Gasteiger partial charge in [-0.2, -0.15) is 0 Å². The Bertz CT molecular complexity index is 914. The third-order valence-corrected chi connectivity index (χ3v) is 12.9. The zero-order chi connectivity index (χ0) is 25.6. The first-order valence-electron chi connectivity index (χ1n) is 14.1. The van der Waals surface area contributed by atoms with Gasteiger partial charge in [0.25, 0.3) is 0 Å². The van der Waals surface area contributed by atoms with Gasteiger partial charge < -0.3 is 20.4 Å². The van der Waals surface area contributed by atoms with Gasteiger partial charge in [0.2, 0.25) is 0 Å². The van der Waals surface area contributed by atoms with E-state index in [4.69, 9.17) is 0 Å². The number of allylic oxidation sites excluding steroid dienone is 2. The number of hydrogen-bond donors (Lipinski definition) is 4. The number of carbonyl (C=O) groups excluding carboxylic acids is 1. The van der Waals surface area contributed by atoms with Crippen LogP contribution >= 0.6 is 0 Å². The van der Waals surface area contributed by atoms with Crippen LogP contribution in [-0.4, -0.2) is 51.6 Å². The molecule has 35 heavy (non-hydrogen) atoms. The van der Waals surface area contributed by atoms with Crippen LogP contribution < -0.4 is 0 Å². The van der Waals surface area contributed by atoms with Gasteiger partial charge in [0, 0.05) is 16.7 Å². The van der Waals surface area contributed by atoms with E-state index in [2.05, 4.69) is 27.7 Å². The van der Waals surface area contributed by atoms with Gasteiger partial charge >= 0.3 is 0 Å². The minimum Gasteiger partial charge on any atom is -0.396 e. The number of aliphatic hydroxyl groups is 4. The van der Waals surface area contributed by atoms with Crippen LogP contribution in [0.15, 0.2) is 11.6 Å². The van der Waals surface area contributed by atoms with Crippen molar-refractivity contribution in [3.8, 4) is 0 Å². The second-order valence-electron chi connectivity index (χ2n) is 14.6. The van der Waals surface area contributed by atoms with Crippen molar-refractivity contribution in [2.24, 2.45) is 50.7 Å². The number of aliphatic hydroxyl groups excluding tert-OH is 4. The number of fused-ring (bicyclic) bond motifs is 6. The molecule has 4 fully saturated rings. The lowest BCUT2D eigenvalue weighted by molar-refractivity contribution is -0.189. The molecule has 5 rings (SSSR count). The average Bonchev–Trinajstić information content (AvgIpc) is 2.96. The monoisotopic (exact) mass is 488 g/mol. The molecule has 198 valence electrons. The predicted molar refractivity (Wildman–Crippen MR) is 135 cm³/mol. The Balaban J connectivity index is 1.54. The molecule has 11 atom stereocenters. The first-order chi connectivity index (χ1) is 16.3. The molecule has 0 radical (unpaired) electrons. The molecule has 0 aromatic carbocycles. The molecular weight excluding hydrogens is 440 g/mol. The largest absolute Gasteiger partial charge is 0.396 e. The van der Waals surface area contributed by atoms with Crippen molar-refractivity contribution in [1.82, 2.24) is 0 Å². The third kappa shape index (κ3) is 3.30. The van der Waals surface area contributed by atoms with Gasteiger partial charge in [0.05, 0.1) is 25.4 Å². The summed E-state index contributed by atoms with van der Waals surface area (Å²) in [6.07, 6.45) is 9.15. The predicted octanol–water partition coefficient (Wildman–Crippen LogP) is 4.26. The molecule has 0 aromatic rings. The zero-order valence-electron chi connectivity index (χ0n) is 22.5. The quantitative estimate of drug-likeness (QED) is 0.466. The molecule has 4 N–H and O–H groups in total. The Morgan fingerprint density at radius 2 is 1.37 bits per heavy atom. The second-order valence-corrected chi connectivity index (χ2v) is 14.6. The molecular formula is C30H48O5. The molecule has 5 heteroatoms. The maximum Gasteiger partial charge on any atom is 0.160 e. The molecule has 0 bridgehead atoms. The Hall–Kier alpha value is -0.750. The van der Waals surface area contributed by atoms with Crippen molar-refractivity contribution in [2.45, 2.75) is 105 Å². The maximum atomic E-state index is 13.7. The summed E-state index contributed by atoms with van der Waals surface area (Å²) in [5.74, 6) is 0.824. The molecule has 0 saturated heterocycles. The molecule has 0 aromatic heterocycles. The fourth-order valence-corrected chi connectivity index (χ4v) is 10.9. The highest BCUT2D eigenvalue weighted by Crippen LogP contribution is 2.70. The Kier molecular flexibility index (Phi) is 6.01. The van der Waals surface area contributed by atoms with Crippen LogP contribution in [0, 0.1) is 50.7 Å². The minimum atomic E-state index is -0.797. The normalized spacial score (nSPS) is 56.1. The highest BCUT2D eigenvalue weighted by atomic mass is 16.3. The standard InChI is InChI=1S/C30H48O5/c1-26-11-8-22-28(3,13-10-23(34)29(22,4)16-31)21(26)7-6-19-18(15-26)14-20(33)25-27(19,2)12-9-24(35)30(25,5)17-32/h14,19,21-25,31-32,34-35H,6-13,15-17H2,1-5H3/t19-,21-,22+,23+,24+,25+,26-,27+,28+,29+,30-/m0/s1. The van der Waals surface area contributed by atoms with E-state index in [0.717, 1.165) is 51.4 Å². The van der Waals surface area contributed by atoms with Gasteiger partial charge in [-0.15, -0.1) is 0 Å². The van der Waals surface area contributed by atoms with E-state index in [1.54, 1.807) is 0 Å². The number of rotatable bonds is 2. The molecule has 5 aliphatic carbocycles. The lowest BCUT2D eigenvalue weighted by atomic mass is 9.42. The molecule has 0 heterocycles. The molecule has 4 saturated carbocycles. The van der Waals surface area contributed by atoms with Crippen LogP contribution in [0.3, 0.4) is 0 Å². The van der Waals surface area contributed by atoms with Crippen LogP contribution in [0.5, 0.6) is 0 Å². The van der Waals surface area contributed by atoms with Crippen molar-refractivity contribution in [3.05, 3.63) is 11.6 Å². The summed E-state index contributed by atoms with van der Waals surface area (Å²) in [5.41, 5.74) is -0.0353. The van der Waals surface area contributed by atoms with Crippen LogP contribution in [-0.2, 0) is 4.79 Å². The van der Waals surface area contributed by atoms with Crippen molar-refractivity contribution in [3.63, 3.8) is 0 Å². The summed E-state index contributed by atoms with van der Waals surface area (Å²) in [7, 11) is 0. The van der Waals surface area contributed by atoms with E-state index >= 15 is 0 Å². The maximum absolute atomic E-state index is 13.7. The highest BCUT2D eigenvalue weighted by molar-refractivity contribution is 5.95. The van der Waals surface area contributed by atoms with E-state index in [9.17, 15) is 25.2 Å². The third-order valence-electron chi connectivity index (χ3n) is 12.9. The second kappa shape index (κ2) is 8.12. The molecule has 0 aliphatic heterocycles. The first kappa shape index (κ1) is 25.9. The van der Waals surface area contributed by atoms with E-state index in [1.165, 1.54) is 5.57 Å².